The highest BCUT2D eigenvalue weighted by Gasteiger charge is 2.39. The fraction of sp³-hybridized carbons (Fsp3) is 0.455. The molecule has 176 valence electrons. The van der Waals surface area contributed by atoms with Crippen molar-refractivity contribution in [3.8, 4) is 0 Å². The van der Waals surface area contributed by atoms with Gasteiger partial charge in [0.25, 0.3) is 21.9 Å². The molecule has 0 unspecified atom stereocenters. The van der Waals surface area contributed by atoms with Crippen LogP contribution in [0.5, 0.6) is 0 Å². The Morgan fingerprint density at radius 1 is 1.12 bits per heavy atom. The maximum absolute atomic E-state index is 12.4. The summed E-state index contributed by atoms with van der Waals surface area (Å²) >= 11 is 6.05. The van der Waals surface area contributed by atoms with Gasteiger partial charge in [-0.3, -0.25) is 4.79 Å². The minimum Gasteiger partial charge on any atom is -0.438 e. The first-order valence-corrected chi connectivity index (χ1v) is 12.9. The molecule has 1 spiro atoms. The molecule has 0 radical (unpaired) electrons. The number of carbonyl (C=O) groups excluding carboxylic acids is 1. The summed E-state index contributed by atoms with van der Waals surface area (Å²) in [6, 6.07) is 8.64. The van der Waals surface area contributed by atoms with E-state index >= 15 is 0 Å². The number of rotatable bonds is 4. The number of anilines is 1. The molecule has 1 amide bonds. The van der Waals surface area contributed by atoms with E-state index < -0.39 is 21.0 Å². The number of carbonyl (C=O) groups is 1. The van der Waals surface area contributed by atoms with Crippen molar-refractivity contribution in [3.63, 3.8) is 0 Å². The molecule has 5 rings (SSSR count). The van der Waals surface area contributed by atoms with Crippen LogP contribution in [0.4, 0.5) is 6.01 Å². The standard InChI is InChI=1S/C22H25ClN4O5S/c23-14-1-2-17-16(13-14)26-21(32-17)27-11-9-22(10-12-27)7-5-15(6-8-22)25-20(28)18-3-4-19(31-18)33(24,29)30/h1-4,13,15H,5-12H2,(H,25,28)(H2,24,29,30). The Balaban J connectivity index is 1.15. The number of halogens is 1. The van der Waals surface area contributed by atoms with Gasteiger partial charge in [-0.05, 0) is 74.3 Å². The Bertz CT molecular complexity index is 1280. The second-order valence-electron chi connectivity index (χ2n) is 9.01. The molecule has 0 bridgehead atoms. The summed E-state index contributed by atoms with van der Waals surface area (Å²) in [5, 5.41) is 8.22. The molecular weight excluding hydrogens is 468 g/mol. The first-order chi connectivity index (χ1) is 15.7. The first-order valence-electron chi connectivity index (χ1n) is 11.0. The van der Waals surface area contributed by atoms with Gasteiger partial charge in [0.15, 0.2) is 11.3 Å². The summed E-state index contributed by atoms with van der Waals surface area (Å²) in [7, 11) is -3.97. The van der Waals surface area contributed by atoms with Crippen LogP contribution in [0.15, 0.2) is 44.3 Å². The molecule has 1 aromatic carbocycles. The molecule has 3 aromatic rings. The number of hydrogen-bond donors (Lipinski definition) is 2. The SMILES string of the molecule is NS(=O)(=O)c1ccc(C(=O)NC2CCC3(CC2)CCN(c2nc4cc(Cl)ccc4o2)CC3)o1. The van der Waals surface area contributed by atoms with Gasteiger partial charge in [-0.2, -0.15) is 4.98 Å². The van der Waals surface area contributed by atoms with Crippen LogP contribution in [0, 0.1) is 5.41 Å². The highest BCUT2D eigenvalue weighted by molar-refractivity contribution is 7.89. The number of nitrogens with one attached hydrogen (secondary N) is 1. The van der Waals surface area contributed by atoms with E-state index in [1.807, 2.05) is 12.1 Å². The molecule has 1 aliphatic carbocycles. The van der Waals surface area contributed by atoms with Crippen molar-refractivity contribution in [3.05, 3.63) is 41.1 Å². The average Bonchev–Trinajstić information content (AvgIpc) is 3.43. The highest BCUT2D eigenvalue weighted by atomic mass is 35.5. The van der Waals surface area contributed by atoms with Gasteiger partial charge in [0, 0.05) is 24.2 Å². The number of piperidine rings is 1. The van der Waals surface area contributed by atoms with E-state index in [0.717, 1.165) is 62.7 Å². The minimum absolute atomic E-state index is 0.0333. The van der Waals surface area contributed by atoms with Gasteiger partial charge in [-0.25, -0.2) is 13.6 Å². The quantitative estimate of drug-likeness (QED) is 0.567. The number of oxazole rings is 1. The lowest BCUT2D eigenvalue weighted by molar-refractivity contribution is 0.0835. The lowest BCUT2D eigenvalue weighted by atomic mass is 9.67. The highest BCUT2D eigenvalue weighted by Crippen LogP contribution is 2.45. The Hall–Kier alpha value is -2.56. The van der Waals surface area contributed by atoms with E-state index in [-0.39, 0.29) is 17.2 Å². The van der Waals surface area contributed by atoms with Crippen LogP contribution in [-0.4, -0.2) is 38.4 Å². The number of fused-ring (bicyclic) bond motifs is 1. The molecule has 2 aliphatic rings. The van der Waals surface area contributed by atoms with Crippen molar-refractivity contribution in [2.24, 2.45) is 10.6 Å². The number of nitrogens with two attached hydrogens (primary N) is 1. The molecule has 11 heteroatoms. The van der Waals surface area contributed by atoms with Gasteiger partial charge in [-0.15, -0.1) is 0 Å². The molecule has 1 saturated heterocycles. The molecule has 2 fully saturated rings. The fourth-order valence-electron chi connectivity index (χ4n) is 4.92. The van der Waals surface area contributed by atoms with E-state index in [9.17, 15) is 13.2 Å². The predicted molar refractivity (Wildman–Crippen MR) is 123 cm³/mol. The molecule has 0 atom stereocenters. The van der Waals surface area contributed by atoms with E-state index in [0.29, 0.717) is 11.0 Å². The van der Waals surface area contributed by atoms with Crippen LogP contribution in [-0.2, 0) is 10.0 Å². The first kappa shape index (κ1) is 22.2. The number of primary sulfonamides is 1. The molecule has 3 heterocycles. The lowest BCUT2D eigenvalue weighted by Gasteiger charge is -2.45. The van der Waals surface area contributed by atoms with Crippen LogP contribution in [0.1, 0.15) is 49.1 Å². The number of benzene rings is 1. The van der Waals surface area contributed by atoms with Crippen LogP contribution in [0.3, 0.4) is 0 Å². The van der Waals surface area contributed by atoms with Crippen molar-refractivity contribution >= 4 is 44.6 Å². The number of amides is 1. The maximum Gasteiger partial charge on any atom is 0.298 e. The Morgan fingerprint density at radius 3 is 2.52 bits per heavy atom. The Kier molecular flexibility index (Phi) is 5.62. The van der Waals surface area contributed by atoms with Gasteiger partial charge in [0.1, 0.15) is 5.52 Å². The second-order valence-corrected chi connectivity index (χ2v) is 10.9. The van der Waals surface area contributed by atoms with Crippen molar-refractivity contribution in [2.75, 3.05) is 18.0 Å². The van der Waals surface area contributed by atoms with E-state index in [1.165, 1.54) is 12.1 Å². The van der Waals surface area contributed by atoms with E-state index in [2.05, 4.69) is 15.2 Å². The smallest absolute Gasteiger partial charge is 0.298 e. The zero-order valence-electron chi connectivity index (χ0n) is 17.9. The minimum atomic E-state index is -3.97. The van der Waals surface area contributed by atoms with Gasteiger partial charge in [0.2, 0.25) is 5.09 Å². The van der Waals surface area contributed by atoms with E-state index in [1.54, 1.807) is 6.07 Å². The van der Waals surface area contributed by atoms with E-state index in [4.69, 9.17) is 25.6 Å². The molecular formula is C22H25ClN4O5S. The zero-order valence-corrected chi connectivity index (χ0v) is 19.5. The molecule has 1 aliphatic heterocycles. The number of sulfonamides is 1. The van der Waals surface area contributed by atoms with Crippen LogP contribution in [0.2, 0.25) is 5.02 Å². The average molecular weight is 493 g/mol. The Labute approximate surface area is 196 Å². The molecule has 9 nitrogen and oxygen atoms in total. The van der Waals surface area contributed by atoms with Gasteiger partial charge in [-0.1, -0.05) is 11.6 Å². The summed E-state index contributed by atoms with van der Waals surface area (Å²) in [5.74, 6) is -0.469. The van der Waals surface area contributed by atoms with Gasteiger partial charge in [0.05, 0.1) is 0 Å². The van der Waals surface area contributed by atoms with Crippen molar-refractivity contribution < 1.29 is 22.0 Å². The number of furan rings is 1. The topological polar surface area (TPSA) is 132 Å². The van der Waals surface area contributed by atoms with Gasteiger partial charge < -0.3 is 19.1 Å². The summed E-state index contributed by atoms with van der Waals surface area (Å²) in [5.41, 5.74) is 1.76. The summed E-state index contributed by atoms with van der Waals surface area (Å²) < 4.78 is 33.7. The van der Waals surface area contributed by atoms with Crippen molar-refractivity contribution in [1.29, 1.82) is 0 Å². The summed E-state index contributed by atoms with van der Waals surface area (Å²) in [6.45, 7) is 1.75. The number of aromatic nitrogens is 1. The lowest BCUT2D eigenvalue weighted by Crippen LogP contribution is -2.45. The third-order valence-corrected chi connectivity index (χ3v) is 7.92. The normalized spacial score (nSPS) is 19.3. The molecule has 1 saturated carbocycles. The third-order valence-electron chi connectivity index (χ3n) is 6.90. The largest absolute Gasteiger partial charge is 0.438 e. The number of nitrogens with zero attached hydrogens (tertiary/aromatic N) is 2. The predicted octanol–water partition coefficient (Wildman–Crippen LogP) is 3.68. The molecule has 33 heavy (non-hydrogen) atoms. The molecule has 3 N–H and O–H groups in total. The second kappa shape index (κ2) is 8.34. The monoisotopic (exact) mass is 492 g/mol. The van der Waals surface area contributed by atoms with Crippen LogP contribution < -0.4 is 15.4 Å². The van der Waals surface area contributed by atoms with Gasteiger partial charge >= 0.3 is 0 Å². The van der Waals surface area contributed by atoms with Crippen molar-refractivity contribution in [1.82, 2.24) is 10.3 Å². The van der Waals surface area contributed by atoms with Crippen LogP contribution in [0.25, 0.3) is 11.1 Å². The number of hydrogen-bond acceptors (Lipinski definition) is 7. The maximum atomic E-state index is 12.4. The van der Waals surface area contributed by atoms with Crippen LogP contribution >= 0.6 is 11.6 Å². The zero-order chi connectivity index (χ0) is 23.2. The Morgan fingerprint density at radius 2 is 1.85 bits per heavy atom. The summed E-state index contributed by atoms with van der Waals surface area (Å²) in [4.78, 5) is 19.2. The summed E-state index contributed by atoms with van der Waals surface area (Å²) in [6.07, 6.45) is 5.88. The fourth-order valence-corrected chi connectivity index (χ4v) is 5.55. The third kappa shape index (κ3) is 4.60. The van der Waals surface area contributed by atoms with Crippen molar-refractivity contribution in [2.45, 2.75) is 49.7 Å². The molecule has 2 aromatic heterocycles.